The van der Waals surface area contributed by atoms with Gasteiger partial charge in [-0.3, -0.25) is 0 Å². The summed E-state index contributed by atoms with van der Waals surface area (Å²) in [5.41, 5.74) is -3.99. The van der Waals surface area contributed by atoms with Crippen molar-refractivity contribution < 1.29 is 48.6 Å². The number of benzene rings is 4. The van der Waals surface area contributed by atoms with Crippen LogP contribution < -0.4 is 26.4 Å². The molecule has 0 spiro atoms. The van der Waals surface area contributed by atoms with Crippen molar-refractivity contribution in [2.75, 3.05) is 0 Å². The van der Waals surface area contributed by atoms with Gasteiger partial charge in [-0.2, -0.15) is 16.4 Å². The van der Waals surface area contributed by atoms with Gasteiger partial charge in [0, 0.05) is 21.8 Å². The van der Waals surface area contributed by atoms with E-state index in [1.807, 2.05) is 39.8 Å². The summed E-state index contributed by atoms with van der Waals surface area (Å²) in [6.07, 6.45) is 0. The maximum Gasteiger partial charge on any atom is 0.200 e. The standard InChI is InChI=1S/C33H26BF10OP/c1-13(2)46(14(3)4)18-12-8-10-16-32(18)45-31-15(33(16,5)6)9-7-11-17(31)34(19-21(35)25(39)29(43)26(40)22(19)36)20-23(37)27(41)30(44)28(42)24(20)38/h7-14H,1-6H3/q-1. The lowest BCUT2D eigenvalue weighted by molar-refractivity contribution is 0.382. The van der Waals surface area contributed by atoms with Crippen molar-refractivity contribution in [3.8, 4) is 11.5 Å². The van der Waals surface area contributed by atoms with Crippen molar-refractivity contribution in [1.29, 1.82) is 0 Å². The number of ether oxygens (including phenoxy) is 1. The zero-order valence-corrected chi connectivity index (χ0v) is 26.2. The Kier molecular flexibility index (Phi) is 8.77. The Morgan fingerprint density at radius 1 is 0.543 bits per heavy atom. The number of para-hydroxylation sites is 2. The van der Waals surface area contributed by atoms with E-state index in [1.54, 1.807) is 19.9 Å². The van der Waals surface area contributed by atoms with Crippen LogP contribution in [-0.2, 0) is 5.41 Å². The van der Waals surface area contributed by atoms with Crippen LogP contribution >= 0.6 is 7.92 Å². The highest BCUT2D eigenvalue weighted by atomic mass is 31.1. The van der Waals surface area contributed by atoms with Crippen molar-refractivity contribution >= 4 is 36.3 Å². The zero-order chi connectivity index (χ0) is 34.2. The minimum absolute atomic E-state index is 0.138. The first-order valence-electron chi connectivity index (χ1n) is 14.2. The first-order valence-corrected chi connectivity index (χ1v) is 15.7. The minimum atomic E-state index is -2.75. The van der Waals surface area contributed by atoms with E-state index in [0.717, 1.165) is 11.4 Å². The maximum absolute atomic E-state index is 15.5. The normalized spacial score (nSPS) is 13.9. The average molecular weight is 670 g/mol. The number of rotatable bonds is 6. The molecule has 46 heavy (non-hydrogen) atoms. The predicted octanol–water partition coefficient (Wildman–Crippen LogP) is 7.95. The van der Waals surface area contributed by atoms with Crippen LogP contribution in [0.15, 0.2) is 36.4 Å². The third kappa shape index (κ3) is 4.99. The Bertz CT molecular complexity index is 1760. The Balaban J connectivity index is 1.93. The number of halogens is 10. The molecular weight excluding hydrogens is 644 g/mol. The molecule has 1 heterocycles. The smallest absolute Gasteiger partial charge is 0.200 e. The van der Waals surface area contributed by atoms with Gasteiger partial charge in [0.1, 0.15) is 29.0 Å². The fraction of sp³-hybridized carbons (Fsp3) is 0.273. The largest absolute Gasteiger partial charge is 0.459 e. The summed E-state index contributed by atoms with van der Waals surface area (Å²) in [5.74, 6) is -25.0. The molecule has 0 aromatic heterocycles. The molecule has 0 fully saturated rings. The van der Waals surface area contributed by atoms with Crippen LogP contribution in [0.2, 0.25) is 0 Å². The molecule has 0 unspecified atom stereocenters. The third-order valence-electron chi connectivity index (χ3n) is 8.36. The van der Waals surface area contributed by atoms with Crippen molar-refractivity contribution in [3.63, 3.8) is 0 Å². The molecule has 243 valence electrons. The fourth-order valence-corrected chi connectivity index (χ4v) is 9.29. The van der Waals surface area contributed by atoms with Gasteiger partial charge < -0.3 is 4.74 Å². The molecule has 0 bridgehead atoms. The molecule has 0 saturated carbocycles. The summed E-state index contributed by atoms with van der Waals surface area (Å²) in [4.78, 5) is 0. The Hall–Kier alpha value is -3.53. The number of hydrogen-bond donors (Lipinski definition) is 0. The summed E-state index contributed by atoms with van der Waals surface area (Å²) in [7, 11) is -0.924. The van der Waals surface area contributed by atoms with Gasteiger partial charge >= 0.3 is 0 Å². The molecule has 0 amide bonds. The van der Waals surface area contributed by atoms with Crippen LogP contribution in [0.1, 0.15) is 52.7 Å². The predicted molar refractivity (Wildman–Crippen MR) is 159 cm³/mol. The quantitative estimate of drug-likeness (QED) is 0.0666. The van der Waals surface area contributed by atoms with Gasteiger partial charge in [-0.1, -0.05) is 85.9 Å². The average Bonchev–Trinajstić information content (AvgIpc) is 3.00. The highest BCUT2D eigenvalue weighted by Gasteiger charge is 2.39. The summed E-state index contributed by atoms with van der Waals surface area (Å²) < 4.78 is 155. The second kappa shape index (κ2) is 11.9. The Morgan fingerprint density at radius 2 is 0.913 bits per heavy atom. The van der Waals surface area contributed by atoms with E-state index in [9.17, 15) is 26.3 Å². The maximum atomic E-state index is 15.5. The van der Waals surface area contributed by atoms with E-state index in [2.05, 4.69) is 0 Å². The van der Waals surface area contributed by atoms with E-state index in [0.29, 0.717) is 11.3 Å². The molecule has 0 N–H and O–H groups in total. The fourth-order valence-electron chi connectivity index (χ4n) is 6.32. The van der Waals surface area contributed by atoms with Gasteiger partial charge in [0.05, 0.1) is 5.75 Å². The monoisotopic (exact) mass is 670 g/mol. The van der Waals surface area contributed by atoms with Crippen molar-refractivity contribution in [1.82, 2.24) is 0 Å². The van der Waals surface area contributed by atoms with E-state index in [4.69, 9.17) is 4.74 Å². The Morgan fingerprint density at radius 3 is 1.33 bits per heavy atom. The lowest BCUT2D eigenvalue weighted by atomic mass is 9.35. The molecule has 1 aliphatic rings. The molecule has 1 radical (unpaired) electrons. The van der Waals surface area contributed by atoms with Crippen LogP contribution in [0.3, 0.4) is 0 Å². The first kappa shape index (κ1) is 33.8. The van der Waals surface area contributed by atoms with Gasteiger partial charge in [0.25, 0.3) is 0 Å². The lowest BCUT2D eigenvalue weighted by Gasteiger charge is -2.42. The molecule has 1 nitrogen and oxygen atoms in total. The third-order valence-corrected chi connectivity index (χ3v) is 11.5. The SMILES string of the molecule is CC(C)P(c1cccc2c1Oc1c([B-](c3c(F)c(F)c(F)c(F)c3F)c3c(F)c(F)c(F)c(F)c3F)cccc1C2(C)C)C(C)C. The van der Waals surface area contributed by atoms with Gasteiger partial charge in [-0.05, 0) is 18.0 Å². The number of fused-ring (bicyclic) bond motifs is 2. The number of hydrogen-bond acceptors (Lipinski definition) is 1. The first-order chi connectivity index (χ1) is 21.4. The second-order valence-electron chi connectivity index (χ2n) is 12.1. The molecule has 4 aromatic carbocycles. The highest BCUT2D eigenvalue weighted by molar-refractivity contribution is 7.67. The second-order valence-corrected chi connectivity index (χ2v) is 15.5. The molecular formula is C33H26BF10OP-. The van der Waals surface area contributed by atoms with E-state index < -0.39 is 94.6 Å². The highest BCUT2D eigenvalue weighted by Crippen LogP contribution is 2.53. The van der Waals surface area contributed by atoms with Crippen molar-refractivity contribution in [2.45, 2.75) is 58.3 Å². The van der Waals surface area contributed by atoms with Crippen LogP contribution in [-0.4, -0.2) is 18.0 Å². The summed E-state index contributed by atoms with van der Waals surface area (Å²) in [5, 5.41) is 0.773. The molecule has 0 aliphatic carbocycles. The molecule has 1 aliphatic heterocycles. The summed E-state index contributed by atoms with van der Waals surface area (Å²) in [6.45, 7) is 8.84. The molecule has 0 saturated heterocycles. The van der Waals surface area contributed by atoms with E-state index in [-0.39, 0.29) is 22.6 Å². The molecule has 4 aromatic rings. The van der Waals surface area contributed by atoms with Crippen molar-refractivity contribution in [2.24, 2.45) is 0 Å². The lowest BCUT2D eigenvalue weighted by Crippen LogP contribution is -2.58. The van der Waals surface area contributed by atoms with Gasteiger partial charge in [0.15, 0.2) is 34.9 Å². The molecule has 0 atom stereocenters. The zero-order valence-electron chi connectivity index (χ0n) is 25.3. The van der Waals surface area contributed by atoms with Crippen LogP contribution in [0, 0.1) is 58.2 Å². The van der Waals surface area contributed by atoms with Crippen molar-refractivity contribution in [3.05, 3.63) is 106 Å². The minimum Gasteiger partial charge on any atom is -0.459 e. The van der Waals surface area contributed by atoms with E-state index >= 15 is 17.6 Å². The van der Waals surface area contributed by atoms with Crippen LogP contribution in [0.5, 0.6) is 11.5 Å². The van der Waals surface area contributed by atoms with Gasteiger partial charge in [0.2, 0.25) is 0 Å². The summed E-state index contributed by atoms with van der Waals surface area (Å²) >= 11 is 0. The van der Waals surface area contributed by atoms with Gasteiger partial charge in [-0.15, -0.1) is 0 Å². The topological polar surface area (TPSA) is 9.23 Å². The molecule has 13 heteroatoms. The summed E-state index contributed by atoms with van der Waals surface area (Å²) in [6, 6.07) is 9.27. The van der Waals surface area contributed by atoms with Crippen LogP contribution in [0.4, 0.5) is 43.9 Å². The Labute approximate surface area is 260 Å². The van der Waals surface area contributed by atoms with E-state index in [1.165, 1.54) is 12.1 Å². The van der Waals surface area contributed by atoms with Crippen LogP contribution in [0.25, 0.3) is 0 Å². The molecule has 5 rings (SSSR count). The van der Waals surface area contributed by atoms with Gasteiger partial charge in [-0.25, -0.2) is 43.9 Å².